The molecule has 146 valence electrons. The lowest BCUT2D eigenvalue weighted by Gasteiger charge is -2.15. The van der Waals surface area contributed by atoms with Crippen LogP contribution in [0.2, 0.25) is 5.02 Å². The Balaban J connectivity index is 1.65. The molecule has 3 N–H and O–H groups in total. The standard InChI is InChI=1S/C20H22ClN5OS/c1-3-13(2)16-6-4-5-7-17(16)23-18(27)12-28-20-25-24-19(26(20)22)14-8-10-15(21)11-9-14/h4-11,13H,3,12,22H2,1-2H3,(H,23,27)/t13-/m1/s1. The summed E-state index contributed by atoms with van der Waals surface area (Å²) in [5.41, 5.74) is 2.78. The highest BCUT2D eigenvalue weighted by Gasteiger charge is 2.15. The van der Waals surface area contributed by atoms with Crippen LogP contribution in [0.1, 0.15) is 31.7 Å². The van der Waals surface area contributed by atoms with Crippen molar-refractivity contribution in [2.45, 2.75) is 31.3 Å². The molecular formula is C20H22ClN5OS. The average Bonchev–Trinajstić information content (AvgIpc) is 3.07. The average molecular weight is 416 g/mol. The van der Waals surface area contributed by atoms with Gasteiger partial charge in [0.15, 0.2) is 5.82 Å². The number of nitrogens with one attached hydrogen (secondary N) is 1. The number of rotatable bonds is 7. The predicted molar refractivity (Wildman–Crippen MR) is 115 cm³/mol. The van der Waals surface area contributed by atoms with Crippen molar-refractivity contribution < 1.29 is 4.79 Å². The zero-order valence-electron chi connectivity index (χ0n) is 15.7. The summed E-state index contributed by atoms with van der Waals surface area (Å²) in [6.07, 6.45) is 1.01. The van der Waals surface area contributed by atoms with E-state index in [-0.39, 0.29) is 11.7 Å². The summed E-state index contributed by atoms with van der Waals surface area (Å²) < 4.78 is 1.38. The Labute approximate surface area is 173 Å². The molecule has 0 saturated heterocycles. The number of nitrogen functional groups attached to an aromatic ring is 1. The van der Waals surface area contributed by atoms with E-state index in [1.807, 2.05) is 36.4 Å². The number of hydrogen-bond acceptors (Lipinski definition) is 5. The molecule has 6 nitrogen and oxygen atoms in total. The number of anilines is 1. The van der Waals surface area contributed by atoms with Crippen molar-refractivity contribution in [2.75, 3.05) is 16.9 Å². The van der Waals surface area contributed by atoms with Crippen molar-refractivity contribution in [3.05, 3.63) is 59.1 Å². The highest BCUT2D eigenvalue weighted by Crippen LogP contribution is 2.27. The molecule has 3 rings (SSSR count). The monoisotopic (exact) mass is 415 g/mol. The number of benzene rings is 2. The first kappa shape index (κ1) is 20.2. The molecule has 1 aromatic heterocycles. The molecule has 1 heterocycles. The van der Waals surface area contributed by atoms with Crippen molar-refractivity contribution in [1.29, 1.82) is 0 Å². The molecule has 0 unspecified atom stereocenters. The summed E-state index contributed by atoms with van der Waals surface area (Å²) in [5, 5.41) is 12.3. The number of halogens is 1. The Bertz CT molecular complexity index is 957. The number of carbonyl (C=O) groups is 1. The second-order valence-corrected chi connectivity index (χ2v) is 7.80. The van der Waals surface area contributed by atoms with E-state index in [0.29, 0.717) is 21.9 Å². The van der Waals surface area contributed by atoms with Crippen molar-refractivity contribution >= 4 is 35.0 Å². The molecular weight excluding hydrogens is 394 g/mol. The van der Waals surface area contributed by atoms with Gasteiger partial charge in [0.05, 0.1) is 5.75 Å². The minimum Gasteiger partial charge on any atom is -0.335 e. The number of nitrogens with two attached hydrogens (primary N) is 1. The topological polar surface area (TPSA) is 85.8 Å². The zero-order valence-corrected chi connectivity index (χ0v) is 17.3. The third-order valence-electron chi connectivity index (χ3n) is 4.48. The van der Waals surface area contributed by atoms with Crippen LogP contribution < -0.4 is 11.2 Å². The van der Waals surface area contributed by atoms with Crippen LogP contribution in [-0.4, -0.2) is 26.5 Å². The Morgan fingerprint density at radius 1 is 1.21 bits per heavy atom. The van der Waals surface area contributed by atoms with Crippen molar-refractivity contribution in [2.24, 2.45) is 0 Å². The van der Waals surface area contributed by atoms with Gasteiger partial charge in [-0.05, 0) is 48.2 Å². The number of nitrogens with zero attached hydrogens (tertiary/aromatic N) is 3. The van der Waals surface area contributed by atoms with Crippen molar-refractivity contribution in [3.63, 3.8) is 0 Å². The van der Waals surface area contributed by atoms with Gasteiger partial charge in [-0.2, -0.15) is 0 Å². The van der Waals surface area contributed by atoms with E-state index in [4.69, 9.17) is 17.4 Å². The van der Waals surface area contributed by atoms with E-state index in [1.165, 1.54) is 16.4 Å². The first-order valence-electron chi connectivity index (χ1n) is 8.97. The van der Waals surface area contributed by atoms with Crippen LogP contribution in [0.5, 0.6) is 0 Å². The summed E-state index contributed by atoms with van der Waals surface area (Å²) in [5.74, 6) is 7.06. The molecule has 0 aliphatic heterocycles. The number of carbonyl (C=O) groups excluding carboxylic acids is 1. The summed E-state index contributed by atoms with van der Waals surface area (Å²) in [6.45, 7) is 4.28. The Kier molecular flexibility index (Phi) is 6.59. The molecule has 1 atom stereocenters. The molecule has 1 amide bonds. The van der Waals surface area contributed by atoms with Crippen LogP contribution in [0, 0.1) is 0 Å². The summed E-state index contributed by atoms with van der Waals surface area (Å²) in [6, 6.07) is 15.1. The van der Waals surface area contributed by atoms with E-state index < -0.39 is 0 Å². The molecule has 2 aromatic carbocycles. The molecule has 0 aliphatic carbocycles. The molecule has 0 fully saturated rings. The highest BCUT2D eigenvalue weighted by atomic mass is 35.5. The Morgan fingerprint density at radius 2 is 1.93 bits per heavy atom. The lowest BCUT2D eigenvalue weighted by molar-refractivity contribution is -0.113. The lowest BCUT2D eigenvalue weighted by Crippen LogP contribution is -2.17. The summed E-state index contributed by atoms with van der Waals surface area (Å²) in [4.78, 5) is 12.4. The van der Waals surface area contributed by atoms with Crippen LogP contribution in [-0.2, 0) is 4.79 Å². The fourth-order valence-electron chi connectivity index (χ4n) is 2.75. The van der Waals surface area contributed by atoms with Gasteiger partial charge in [-0.1, -0.05) is 55.4 Å². The first-order valence-corrected chi connectivity index (χ1v) is 10.3. The smallest absolute Gasteiger partial charge is 0.234 e. The van der Waals surface area contributed by atoms with E-state index in [0.717, 1.165) is 23.2 Å². The van der Waals surface area contributed by atoms with Crippen LogP contribution in [0.3, 0.4) is 0 Å². The van der Waals surface area contributed by atoms with Gasteiger partial charge < -0.3 is 11.2 Å². The molecule has 0 radical (unpaired) electrons. The molecule has 0 aliphatic rings. The maximum absolute atomic E-state index is 12.4. The van der Waals surface area contributed by atoms with Crippen LogP contribution in [0.25, 0.3) is 11.4 Å². The van der Waals surface area contributed by atoms with Crippen LogP contribution >= 0.6 is 23.4 Å². The Hall–Kier alpha value is -2.51. The fourth-order valence-corrected chi connectivity index (χ4v) is 3.53. The number of amides is 1. The number of hydrogen-bond donors (Lipinski definition) is 2. The van der Waals surface area contributed by atoms with Gasteiger partial charge in [-0.3, -0.25) is 4.79 Å². The minimum atomic E-state index is -0.114. The first-order chi connectivity index (χ1) is 13.5. The largest absolute Gasteiger partial charge is 0.335 e. The highest BCUT2D eigenvalue weighted by molar-refractivity contribution is 7.99. The zero-order chi connectivity index (χ0) is 20.1. The third kappa shape index (κ3) is 4.66. The number of para-hydroxylation sites is 1. The number of aromatic nitrogens is 3. The van der Waals surface area contributed by atoms with Crippen molar-refractivity contribution in [3.8, 4) is 11.4 Å². The lowest BCUT2D eigenvalue weighted by atomic mass is 9.97. The number of thioether (sulfide) groups is 1. The molecule has 0 bridgehead atoms. The second kappa shape index (κ2) is 9.12. The minimum absolute atomic E-state index is 0.114. The third-order valence-corrected chi connectivity index (χ3v) is 5.67. The molecule has 3 aromatic rings. The SMILES string of the molecule is CC[C@@H](C)c1ccccc1NC(=O)CSc1nnc(-c2ccc(Cl)cc2)n1N. The molecule has 8 heteroatoms. The van der Waals surface area contributed by atoms with Crippen LogP contribution in [0.4, 0.5) is 5.69 Å². The second-order valence-electron chi connectivity index (χ2n) is 6.42. The van der Waals surface area contributed by atoms with Gasteiger partial charge in [-0.15, -0.1) is 10.2 Å². The van der Waals surface area contributed by atoms with Gasteiger partial charge in [0.1, 0.15) is 0 Å². The van der Waals surface area contributed by atoms with Gasteiger partial charge in [0.2, 0.25) is 11.1 Å². The summed E-state index contributed by atoms with van der Waals surface area (Å²) >= 11 is 7.15. The quantitative estimate of drug-likeness (QED) is 0.436. The normalized spacial score (nSPS) is 12.0. The van der Waals surface area contributed by atoms with E-state index in [2.05, 4.69) is 29.4 Å². The molecule has 0 saturated carbocycles. The van der Waals surface area contributed by atoms with Crippen LogP contribution in [0.15, 0.2) is 53.7 Å². The maximum Gasteiger partial charge on any atom is 0.234 e. The summed E-state index contributed by atoms with van der Waals surface area (Å²) in [7, 11) is 0. The van der Waals surface area contributed by atoms with E-state index >= 15 is 0 Å². The van der Waals surface area contributed by atoms with Gasteiger partial charge in [0, 0.05) is 16.3 Å². The predicted octanol–water partition coefficient (Wildman–Crippen LogP) is 4.56. The van der Waals surface area contributed by atoms with E-state index in [1.54, 1.807) is 12.1 Å². The van der Waals surface area contributed by atoms with E-state index in [9.17, 15) is 4.79 Å². The van der Waals surface area contributed by atoms with Gasteiger partial charge in [0.25, 0.3) is 0 Å². The fraction of sp³-hybridized carbons (Fsp3) is 0.250. The molecule has 0 spiro atoms. The van der Waals surface area contributed by atoms with Gasteiger partial charge in [-0.25, -0.2) is 4.68 Å². The Morgan fingerprint density at radius 3 is 2.64 bits per heavy atom. The van der Waals surface area contributed by atoms with Gasteiger partial charge >= 0.3 is 0 Å². The van der Waals surface area contributed by atoms with Crippen molar-refractivity contribution in [1.82, 2.24) is 14.9 Å². The maximum atomic E-state index is 12.4. The molecule has 28 heavy (non-hydrogen) atoms.